The molecule has 0 spiro atoms. The zero-order valence-electron chi connectivity index (χ0n) is 15.5. The molecule has 3 heterocycles. The van der Waals surface area contributed by atoms with E-state index in [0.29, 0.717) is 29.1 Å². The maximum atomic E-state index is 12.9. The van der Waals surface area contributed by atoms with E-state index >= 15 is 0 Å². The standard InChI is InChI=1S/C20H17N5O4/c1-29-14-3-2-13-10-25(17(26)15(13)8-14)11-20(18(27)23-19(28)24-20)6-4-12-9-22-7-5-16(12)21/h2-3,5,7-9H,10-11H2,1H3,(H2,21,22)(H2,23,24,27,28)/t20-/m1/s1. The lowest BCUT2D eigenvalue weighted by atomic mass is 9.99. The molecule has 4 rings (SSSR count). The van der Waals surface area contributed by atoms with Crippen LogP contribution in [-0.4, -0.2) is 46.9 Å². The van der Waals surface area contributed by atoms with E-state index in [1.54, 1.807) is 24.3 Å². The Bertz CT molecular complexity index is 1100. The average Bonchev–Trinajstić information content (AvgIpc) is 3.16. The highest BCUT2D eigenvalue weighted by Crippen LogP contribution is 2.28. The number of fused-ring (bicyclic) bond motifs is 1. The Morgan fingerprint density at radius 1 is 1.31 bits per heavy atom. The third kappa shape index (κ3) is 3.21. The van der Waals surface area contributed by atoms with Gasteiger partial charge in [-0.1, -0.05) is 17.9 Å². The van der Waals surface area contributed by atoms with Crippen molar-refractivity contribution in [3.8, 4) is 17.6 Å². The molecule has 0 radical (unpaired) electrons. The van der Waals surface area contributed by atoms with E-state index in [4.69, 9.17) is 10.5 Å². The third-order valence-electron chi connectivity index (χ3n) is 4.83. The molecule has 2 aromatic rings. The second-order valence-electron chi connectivity index (χ2n) is 6.71. The summed E-state index contributed by atoms with van der Waals surface area (Å²) in [4.78, 5) is 42.7. The highest BCUT2D eigenvalue weighted by atomic mass is 16.5. The number of nitrogens with zero attached hydrogens (tertiary/aromatic N) is 2. The molecule has 1 aromatic heterocycles. The molecule has 9 nitrogen and oxygen atoms in total. The van der Waals surface area contributed by atoms with Gasteiger partial charge in [-0.15, -0.1) is 0 Å². The van der Waals surface area contributed by atoms with E-state index in [0.717, 1.165) is 5.56 Å². The number of hydrogen-bond acceptors (Lipinski definition) is 6. The zero-order chi connectivity index (χ0) is 20.6. The van der Waals surface area contributed by atoms with Crippen molar-refractivity contribution in [3.05, 3.63) is 53.3 Å². The largest absolute Gasteiger partial charge is 0.497 e. The van der Waals surface area contributed by atoms with Gasteiger partial charge in [0.1, 0.15) is 5.75 Å². The summed E-state index contributed by atoms with van der Waals surface area (Å²) in [6, 6.07) is 6.13. The van der Waals surface area contributed by atoms with E-state index < -0.39 is 17.5 Å². The topological polar surface area (TPSA) is 127 Å². The van der Waals surface area contributed by atoms with Crippen molar-refractivity contribution in [2.24, 2.45) is 0 Å². The number of anilines is 1. The van der Waals surface area contributed by atoms with Gasteiger partial charge < -0.3 is 20.7 Å². The maximum absolute atomic E-state index is 12.9. The quantitative estimate of drug-likeness (QED) is 0.509. The number of nitrogens with two attached hydrogens (primary N) is 1. The van der Waals surface area contributed by atoms with Gasteiger partial charge >= 0.3 is 6.03 Å². The van der Waals surface area contributed by atoms with Crippen LogP contribution >= 0.6 is 0 Å². The number of carbonyl (C=O) groups excluding carboxylic acids is 3. The van der Waals surface area contributed by atoms with Crippen LogP contribution in [0.5, 0.6) is 5.75 Å². The molecule has 1 fully saturated rings. The van der Waals surface area contributed by atoms with Gasteiger partial charge in [0.15, 0.2) is 0 Å². The van der Waals surface area contributed by atoms with Gasteiger partial charge in [-0.05, 0) is 23.8 Å². The maximum Gasteiger partial charge on any atom is 0.323 e. The lowest BCUT2D eigenvalue weighted by molar-refractivity contribution is -0.122. The number of amides is 4. The lowest BCUT2D eigenvalue weighted by Gasteiger charge is -2.26. The van der Waals surface area contributed by atoms with Crippen LogP contribution < -0.4 is 21.1 Å². The van der Waals surface area contributed by atoms with Gasteiger partial charge in [-0.25, -0.2) is 4.79 Å². The van der Waals surface area contributed by atoms with Crippen molar-refractivity contribution in [1.82, 2.24) is 20.5 Å². The monoisotopic (exact) mass is 391 g/mol. The van der Waals surface area contributed by atoms with Crippen LogP contribution in [0.2, 0.25) is 0 Å². The summed E-state index contributed by atoms with van der Waals surface area (Å²) in [5, 5.41) is 4.74. The molecule has 4 N–H and O–H groups in total. The number of benzene rings is 1. The molecule has 2 aliphatic rings. The zero-order valence-corrected chi connectivity index (χ0v) is 15.5. The number of urea groups is 1. The summed E-state index contributed by atoms with van der Waals surface area (Å²) < 4.78 is 5.17. The average molecular weight is 391 g/mol. The second kappa shape index (κ2) is 6.83. The molecule has 1 aromatic carbocycles. The predicted octanol–water partition coefficient (Wildman–Crippen LogP) is 0.258. The van der Waals surface area contributed by atoms with Crippen LogP contribution in [0.25, 0.3) is 0 Å². The van der Waals surface area contributed by atoms with Gasteiger partial charge in [0.25, 0.3) is 11.8 Å². The van der Waals surface area contributed by atoms with Crippen molar-refractivity contribution in [1.29, 1.82) is 0 Å². The van der Waals surface area contributed by atoms with Crippen LogP contribution in [0.4, 0.5) is 10.5 Å². The Kier molecular flexibility index (Phi) is 4.31. The summed E-state index contributed by atoms with van der Waals surface area (Å²) in [5.41, 5.74) is 6.39. The van der Waals surface area contributed by atoms with Gasteiger partial charge in [-0.2, -0.15) is 0 Å². The van der Waals surface area contributed by atoms with Crippen molar-refractivity contribution < 1.29 is 19.1 Å². The molecular formula is C20H17N5O4. The lowest BCUT2D eigenvalue weighted by Crippen LogP contribution is -2.54. The first-order valence-electron chi connectivity index (χ1n) is 8.74. The minimum Gasteiger partial charge on any atom is -0.497 e. The molecule has 0 saturated carbocycles. The Balaban J connectivity index is 1.66. The minimum absolute atomic E-state index is 0.117. The number of methoxy groups -OCH3 is 1. The fraction of sp³-hybridized carbons (Fsp3) is 0.200. The second-order valence-corrected chi connectivity index (χ2v) is 6.71. The summed E-state index contributed by atoms with van der Waals surface area (Å²) in [7, 11) is 1.52. The highest BCUT2D eigenvalue weighted by molar-refractivity contribution is 6.10. The van der Waals surface area contributed by atoms with Gasteiger partial charge in [0.05, 0.1) is 24.9 Å². The molecular weight excluding hydrogens is 374 g/mol. The molecule has 0 unspecified atom stereocenters. The van der Waals surface area contributed by atoms with Crippen molar-refractivity contribution in [2.75, 3.05) is 19.4 Å². The summed E-state index contributed by atoms with van der Waals surface area (Å²) in [6.07, 6.45) is 2.99. The van der Waals surface area contributed by atoms with Crippen molar-refractivity contribution in [3.63, 3.8) is 0 Å². The number of nitrogen functional groups attached to an aromatic ring is 1. The van der Waals surface area contributed by atoms with E-state index in [1.165, 1.54) is 24.4 Å². The Hall–Kier alpha value is -4.06. The third-order valence-corrected chi connectivity index (χ3v) is 4.83. The van der Waals surface area contributed by atoms with Gasteiger partial charge in [0.2, 0.25) is 5.54 Å². The Labute approximate surface area is 166 Å². The molecule has 0 aliphatic carbocycles. The number of aromatic nitrogens is 1. The molecule has 0 bridgehead atoms. The normalized spacial score (nSPS) is 19.9. The SMILES string of the molecule is COc1ccc2c(c1)C(=O)N(C[C@@]1(C#Cc3cnccc3N)NC(=O)NC1=O)C2. The number of pyridine rings is 1. The molecule has 4 amide bonds. The fourth-order valence-corrected chi connectivity index (χ4v) is 3.30. The number of carbonyl (C=O) groups is 3. The van der Waals surface area contributed by atoms with Crippen LogP contribution in [0.1, 0.15) is 21.5 Å². The summed E-state index contributed by atoms with van der Waals surface area (Å²) >= 11 is 0. The van der Waals surface area contributed by atoms with Crippen LogP contribution in [-0.2, 0) is 11.3 Å². The van der Waals surface area contributed by atoms with Crippen molar-refractivity contribution in [2.45, 2.75) is 12.1 Å². The fourth-order valence-electron chi connectivity index (χ4n) is 3.30. The predicted molar refractivity (Wildman–Crippen MR) is 103 cm³/mol. The summed E-state index contributed by atoms with van der Waals surface area (Å²) in [5.74, 6) is 5.27. The molecule has 29 heavy (non-hydrogen) atoms. The first-order valence-corrected chi connectivity index (χ1v) is 8.74. The van der Waals surface area contributed by atoms with Gasteiger partial charge in [0, 0.05) is 24.5 Å². The highest BCUT2D eigenvalue weighted by Gasteiger charge is 2.48. The van der Waals surface area contributed by atoms with Crippen LogP contribution in [0, 0.1) is 11.8 Å². The Morgan fingerprint density at radius 3 is 2.83 bits per heavy atom. The van der Waals surface area contributed by atoms with E-state index in [1.807, 2.05) is 0 Å². The van der Waals surface area contributed by atoms with E-state index in [-0.39, 0.29) is 12.5 Å². The Morgan fingerprint density at radius 2 is 2.14 bits per heavy atom. The van der Waals surface area contributed by atoms with E-state index in [9.17, 15) is 14.4 Å². The molecule has 1 saturated heterocycles. The molecule has 146 valence electrons. The van der Waals surface area contributed by atoms with Crippen LogP contribution in [0.3, 0.4) is 0 Å². The molecule has 9 heteroatoms. The van der Waals surface area contributed by atoms with Crippen LogP contribution in [0.15, 0.2) is 36.7 Å². The van der Waals surface area contributed by atoms with Crippen molar-refractivity contribution >= 4 is 23.5 Å². The summed E-state index contributed by atoms with van der Waals surface area (Å²) in [6.45, 7) is 0.174. The first kappa shape index (κ1) is 18.3. The first-order chi connectivity index (χ1) is 13.9. The van der Waals surface area contributed by atoms with E-state index in [2.05, 4.69) is 27.5 Å². The number of nitrogens with one attached hydrogen (secondary N) is 2. The van der Waals surface area contributed by atoms with Gasteiger partial charge in [-0.3, -0.25) is 19.9 Å². The number of rotatable bonds is 3. The number of imide groups is 1. The molecule has 1 atom stereocenters. The minimum atomic E-state index is -1.60. The smallest absolute Gasteiger partial charge is 0.323 e. The number of hydrogen-bond donors (Lipinski definition) is 3. The molecule has 2 aliphatic heterocycles. The number of ether oxygens (including phenoxy) is 1.